The molecule has 0 spiro atoms. The molecule has 0 aliphatic heterocycles. The van der Waals surface area contributed by atoms with Crippen molar-refractivity contribution >= 4 is 42.8 Å². The molecule has 0 nitrogen and oxygen atoms in total. The van der Waals surface area contributed by atoms with Crippen LogP contribution in [0.25, 0.3) is 5.57 Å². The van der Waals surface area contributed by atoms with Crippen molar-refractivity contribution in [2.45, 2.75) is 6.42 Å². The number of hydrogen-bond donors (Lipinski definition) is 0. The molecule has 1 aromatic carbocycles. The second kappa shape index (κ2) is 13.2. The van der Waals surface area contributed by atoms with Crippen molar-refractivity contribution in [2.75, 3.05) is 0 Å². The van der Waals surface area contributed by atoms with Crippen LogP contribution in [0.5, 0.6) is 0 Å². The van der Waals surface area contributed by atoms with Crippen molar-refractivity contribution in [3.63, 3.8) is 0 Å². The van der Waals surface area contributed by atoms with Gasteiger partial charge in [0.2, 0.25) is 0 Å². The summed E-state index contributed by atoms with van der Waals surface area (Å²) in [4.78, 5) is 0. The van der Waals surface area contributed by atoms with Gasteiger partial charge in [0.15, 0.2) is 0 Å². The van der Waals surface area contributed by atoms with Crippen LogP contribution < -0.4 is 0 Å². The molecular formula is C12H15Cl3V. The van der Waals surface area contributed by atoms with Crippen LogP contribution in [-0.4, -0.2) is 0 Å². The summed E-state index contributed by atoms with van der Waals surface area (Å²) in [6.45, 7) is 0. The first-order valence-corrected chi connectivity index (χ1v) is 3.79. The van der Waals surface area contributed by atoms with Crippen molar-refractivity contribution in [3.8, 4) is 0 Å². The smallest absolute Gasteiger partial charge is 0.358 e. The monoisotopic (exact) mass is 315 g/mol. The number of rotatable bonds is 1. The van der Waals surface area contributed by atoms with Crippen molar-refractivity contribution in [1.82, 2.24) is 0 Å². The molecule has 0 saturated carbocycles. The van der Waals surface area contributed by atoms with E-state index in [0.29, 0.717) is 0 Å². The number of halogens is 3. The van der Waals surface area contributed by atoms with Crippen molar-refractivity contribution in [3.05, 3.63) is 61.5 Å². The predicted molar refractivity (Wildman–Crippen MR) is 75.0 cm³/mol. The van der Waals surface area contributed by atoms with E-state index in [-0.39, 0.29) is 63.2 Å². The van der Waals surface area contributed by atoms with E-state index in [9.17, 15) is 0 Å². The van der Waals surface area contributed by atoms with Crippen LogP contribution in [0.3, 0.4) is 0 Å². The molecule has 0 N–H and O–H groups in total. The summed E-state index contributed by atoms with van der Waals surface area (Å²) < 4.78 is 0. The standard InChI is InChI=1S/C11H9.CH3.3ClH.V/c1-2-6-10(7-3-1)11-8-4-5-9-11;;;;;/h1-4,6-8H,5H2;1H3;3*1H;/q2*-1;;;;+2. The van der Waals surface area contributed by atoms with E-state index in [2.05, 4.69) is 42.5 Å². The number of hydrogen-bond acceptors (Lipinski definition) is 0. The van der Waals surface area contributed by atoms with Crippen LogP contribution in [0, 0.1) is 13.5 Å². The molecule has 16 heavy (non-hydrogen) atoms. The molecule has 1 aliphatic carbocycles. The van der Waals surface area contributed by atoms with Crippen molar-refractivity contribution in [1.29, 1.82) is 0 Å². The van der Waals surface area contributed by atoms with Gasteiger partial charge in [0, 0.05) is 0 Å². The van der Waals surface area contributed by atoms with E-state index in [4.69, 9.17) is 0 Å². The molecular weight excluding hydrogens is 301 g/mol. The van der Waals surface area contributed by atoms with Crippen LogP contribution in [0.4, 0.5) is 0 Å². The fourth-order valence-corrected chi connectivity index (χ4v) is 1.22. The summed E-state index contributed by atoms with van der Waals surface area (Å²) in [6.07, 6.45) is 8.49. The Bertz CT molecular complexity index is 307. The molecule has 4 heteroatoms. The molecule has 2 rings (SSSR count). The molecule has 1 aliphatic rings. The molecule has 0 unspecified atom stereocenters. The third-order valence-electron chi connectivity index (χ3n) is 1.78. The topological polar surface area (TPSA) is 0 Å². The fraction of sp³-hybridized carbons (Fsp3) is 0.0833. The van der Waals surface area contributed by atoms with Crippen LogP contribution in [0.2, 0.25) is 0 Å². The molecule has 0 aromatic heterocycles. The minimum absolute atomic E-state index is 0. The summed E-state index contributed by atoms with van der Waals surface area (Å²) in [5.41, 5.74) is 2.49. The Labute approximate surface area is 129 Å². The van der Waals surface area contributed by atoms with Gasteiger partial charge in [-0.15, -0.1) is 61.0 Å². The Balaban J connectivity index is -0.000000144. The molecule has 1 radical (unpaired) electrons. The van der Waals surface area contributed by atoms with Crippen LogP contribution >= 0.6 is 37.2 Å². The van der Waals surface area contributed by atoms with Gasteiger partial charge in [-0.25, -0.2) is 0 Å². The maximum absolute atomic E-state index is 3.28. The summed E-state index contributed by atoms with van der Waals surface area (Å²) in [5.74, 6) is 0. The largest absolute Gasteiger partial charge is 2.00 e. The van der Waals surface area contributed by atoms with Gasteiger partial charge in [0.05, 0.1) is 0 Å². The van der Waals surface area contributed by atoms with Crippen LogP contribution in [0.1, 0.15) is 12.0 Å². The first-order chi connectivity index (χ1) is 5.47. The maximum Gasteiger partial charge on any atom is 2.00 e. The van der Waals surface area contributed by atoms with E-state index in [1.807, 2.05) is 6.07 Å². The van der Waals surface area contributed by atoms with E-state index in [0.717, 1.165) is 6.42 Å². The van der Waals surface area contributed by atoms with E-state index < -0.39 is 0 Å². The molecule has 0 bridgehead atoms. The van der Waals surface area contributed by atoms with Gasteiger partial charge in [-0.3, -0.25) is 0 Å². The average molecular weight is 317 g/mol. The van der Waals surface area contributed by atoms with Gasteiger partial charge in [0.1, 0.15) is 0 Å². The van der Waals surface area contributed by atoms with Crippen molar-refractivity contribution < 1.29 is 18.6 Å². The Morgan fingerprint density at radius 3 is 1.94 bits per heavy atom. The first-order valence-electron chi connectivity index (χ1n) is 3.79. The zero-order valence-electron chi connectivity index (χ0n) is 8.92. The third-order valence-corrected chi connectivity index (χ3v) is 1.78. The molecule has 0 saturated heterocycles. The van der Waals surface area contributed by atoms with E-state index in [1.54, 1.807) is 0 Å². The fourth-order valence-electron chi connectivity index (χ4n) is 1.22. The minimum Gasteiger partial charge on any atom is -0.358 e. The molecule has 0 atom stereocenters. The molecule has 89 valence electrons. The van der Waals surface area contributed by atoms with Gasteiger partial charge in [0.25, 0.3) is 0 Å². The number of allylic oxidation sites excluding steroid dienone is 4. The van der Waals surface area contributed by atoms with Gasteiger partial charge in [-0.2, -0.15) is 17.7 Å². The quantitative estimate of drug-likeness (QED) is 0.667. The first kappa shape index (κ1) is 25.1. The van der Waals surface area contributed by atoms with Gasteiger partial charge in [-0.05, 0) is 0 Å². The summed E-state index contributed by atoms with van der Waals surface area (Å²) in [5, 5.41) is 0. The molecule has 0 fully saturated rings. The van der Waals surface area contributed by atoms with Gasteiger partial charge in [-0.1, -0.05) is 24.6 Å². The summed E-state index contributed by atoms with van der Waals surface area (Å²) in [7, 11) is 0. The van der Waals surface area contributed by atoms with Crippen molar-refractivity contribution in [2.24, 2.45) is 0 Å². The summed E-state index contributed by atoms with van der Waals surface area (Å²) >= 11 is 0. The average Bonchev–Trinajstić information content (AvgIpc) is 2.58. The molecule has 0 heterocycles. The second-order valence-corrected chi connectivity index (χ2v) is 2.56. The minimum atomic E-state index is 0. The van der Waals surface area contributed by atoms with Crippen LogP contribution in [0.15, 0.2) is 42.5 Å². The normalized spacial score (nSPS) is 10.4. The Kier molecular flexibility index (Phi) is 20.8. The van der Waals surface area contributed by atoms with E-state index >= 15 is 0 Å². The molecule has 1 aromatic rings. The molecule has 0 amide bonds. The predicted octanol–water partition coefficient (Wildman–Crippen LogP) is 4.55. The number of benzene rings is 1. The second-order valence-electron chi connectivity index (χ2n) is 2.56. The van der Waals surface area contributed by atoms with Gasteiger partial charge < -0.3 is 7.43 Å². The third kappa shape index (κ3) is 6.68. The van der Waals surface area contributed by atoms with Gasteiger partial charge >= 0.3 is 18.6 Å². The Hall–Kier alpha value is 0.154. The Morgan fingerprint density at radius 2 is 1.50 bits per heavy atom. The SMILES string of the molecule is Cl.Cl.Cl.[C-]1=C(c2ccccc2)C=CC1.[CH3-].[V+2]. The summed E-state index contributed by atoms with van der Waals surface area (Å²) in [6, 6.07) is 10.4. The maximum atomic E-state index is 3.28. The van der Waals surface area contributed by atoms with E-state index in [1.165, 1.54) is 11.1 Å². The van der Waals surface area contributed by atoms with Crippen LogP contribution in [-0.2, 0) is 18.6 Å². The zero-order chi connectivity index (χ0) is 7.52. The zero-order valence-corrected chi connectivity index (χ0v) is 12.8. The Morgan fingerprint density at radius 1 is 0.938 bits per heavy atom.